The summed E-state index contributed by atoms with van der Waals surface area (Å²) in [4.78, 5) is 19.3. The van der Waals surface area contributed by atoms with E-state index in [2.05, 4.69) is 27.3 Å². The summed E-state index contributed by atoms with van der Waals surface area (Å²) in [5.74, 6) is -0.00597. The summed E-state index contributed by atoms with van der Waals surface area (Å²) in [7, 11) is 0. The van der Waals surface area contributed by atoms with Crippen molar-refractivity contribution < 1.29 is 4.79 Å². The molecule has 0 spiro atoms. The Hall–Kier alpha value is -2.20. The van der Waals surface area contributed by atoms with Crippen molar-refractivity contribution in [2.75, 3.05) is 13.1 Å². The Morgan fingerprint density at radius 3 is 2.69 bits per heavy atom. The fourth-order valence-corrected chi connectivity index (χ4v) is 4.31. The molecule has 4 heteroatoms. The maximum atomic E-state index is 12.5. The molecular formula is C22H27N3O. The molecule has 26 heavy (non-hydrogen) atoms. The molecule has 2 heterocycles. The summed E-state index contributed by atoms with van der Waals surface area (Å²) in [5, 5.41) is 3.00. The molecule has 0 saturated heterocycles. The molecule has 1 saturated carbocycles. The van der Waals surface area contributed by atoms with Crippen LogP contribution in [0.3, 0.4) is 0 Å². The molecular weight excluding hydrogens is 322 g/mol. The van der Waals surface area contributed by atoms with Crippen LogP contribution in [0.2, 0.25) is 0 Å². The molecule has 0 unspecified atom stereocenters. The SMILES string of the molecule is O=C(NCc1cccnc1)c1ccc2c(c1)CCN(C1CCCC1)CC2. The van der Waals surface area contributed by atoms with E-state index in [1.54, 1.807) is 12.4 Å². The van der Waals surface area contributed by atoms with Crippen LogP contribution in [0, 0.1) is 0 Å². The second-order valence-corrected chi connectivity index (χ2v) is 7.50. The molecule has 1 fully saturated rings. The number of nitrogens with zero attached hydrogens (tertiary/aromatic N) is 2. The average Bonchev–Trinajstić information content (AvgIpc) is 3.14. The Labute approximate surface area is 155 Å². The van der Waals surface area contributed by atoms with Crippen molar-refractivity contribution in [2.24, 2.45) is 0 Å². The van der Waals surface area contributed by atoms with Gasteiger partial charge in [-0.25, -0.2) is 0 Å². The minimum absolute atomic E-state index is 0.00597. The largest absolute Gasteiger partial charge is 0.348 e. The minimum atomic E-state index is -0.00597. The zero-order valence-corrected chi connectivity index (χ0v) is 15.3. The van der Waals surface area contributed by atoms with Gasteiger partial charge in [0.1, 0.15) is 0 Å². The number of aromatic nitrogens is 1. The number of nitrogens with one attached hydrogen (secondary N) is 1. The van der Waals surface area contributed by atoms with Gasteiger partial charge in [-0.2, -0.15) is 0 Å². The lowest BCUT2D eigenvalue weighted by Gasteiger charge is -2.26. The van der Waals surface area contributed by atoms with Crippen molar-refractivity contribution in [3.8, 4) is 0 Å². The minimum Gasteiger partial charge on any atom is -0.348 e. The molecule has 4 rings (SSSR count). The fourth-order valence-electron chi connectivity index (χ4n) is 4.31. The fraction of sp³-hybridized carbons (Fsp3) is 0.455. The molecule has 1 aromatic carbocycles. The lowest BCUT2D eigenvalue weighted by Crippen LogP contribution is -2.35. The van der Waals surface area contributed by atoms with Crippen LogP contribution in [-0.4, -0.2) is 34.9 Å². The number of fused-ring (bicyclic) bond motifs is 1. The highest BCUT2D eigenvalue weighted by Gasteiger charge is 2.24. The first kappa shape index (κ1) is 17.2. The van der Waals surface area contributed by atoms with Crippen molar-refractivity contribution in [3.63, 3.8) is 0 Å². The Morgan fingerprint density at radius 2 is 1.92 bits per heavy atom. The van der Waals surface area contributed by atoms with Gasteiger partial charge in [0, 0.05) is 43.6 Å². The number of hydrogen-bond acceptors (Lipinski definition) is 3. The van der Waals surface area contributed by atoms with Gasteiger partial charge in [0.25, 0.3) is 5.91 Å². The Kier molecular flexibility index (Phi) is 5.30. The van der Waals surface area contributed by atoms with Gasteiger partial charge in [-0.3, -0.25) is 14.7 Å². The molecule has 0 atom stereocenters. The number of amides is 1. The maximum Gasteiger partial charge on any atom is 0.251 e. The van der Waals surface area contributed by atoms with Crippen molar-refractivity contribution >= 4 is 5.91 Å². The third kappa shape index (κ3) is 3.96. The van der Waals surface area contributed by atoms with Gasteiger partial charge in [-0.05, 0) is 60.6 Å². The summed E-state index contributed by atoms with van der Waals surface area (Å²) in [6.07, 6.45) is 11.2. The van der Waals surface area contributed by atoms with Gasteiger partial charge in [0.2, 0.25) is 0 Å². The van der Waals surface area contributed by atoms with Crippen molar-refractivity contribution in [1.29, 1.82) is 0 Å². The summed E-state index contributed by atoms with van der Waals surface area (Å²) in [6.45, 7) is 2.79. The van der Waals surface area contributed by atoms with E-state index in [4.69, 9.17) is 0 Å². The van der Waals surface area contributed by atoms with Crippen LogP contribution in [0.25, 0.3) is 0 Å². The first-order chi connectivity index (χ1) is 12.8. The number of pyridine rings is 1. The van der Waals surface area contributed by atoms with E-state index in [-0.39, 0.29) is 5.91 Å². The topological polar surface area (TPSA) is 45.2 Å². The molecule has 1 amide bonds. The van der Waals surface area contributed by atoms with E-state index in [0.717, 1.165) is 43.1 Å². The number of carbonyl (C=O) groups excluding carboxylic acids is 1. The maximum absolute atomic E-state index is 12.5. The van der Waals surface area contributed by atoms with Gasteiger partial charge in [0.05, 0.1) is 0 Å². The van der Waals surface area contributed by atoms with Crippen molar-refractivity contribution in [3.05, 3.63) is 65.0 Å². The van der Waals surface area contributed by atoms with Crippen molar-refractivity contribution in [2.45, 2.75) is 51.1 Å². The first-order valence-corrected chi connectivity index (χ1v) is 9.82. The third-order valence-corrected chi connectivity index (χ3v) is 5.82. The average molecular weight is 349 g/mol. The molecule has 1 aromatic heterocycles. The van der Waals surface area contributed by atoms with E-state index in [1.165, 1.54) is 36.8 Å². The molecule has 1 aliphatic carbocycles. The second kappa shape index (κ2) is 8.00. The number of carbonyl (C=O) groups is 1. The molecule has 136 valence electrons. The van der Waals surface area contributed by atoms with Gasteiger partial charge in [0.15, 0.2) is 0 Å². The lowest BCUT2D eigenvalue weighted by molar-refractivity contribution is 0.0950. The van der Waals surface area contributed by atoms with Gasteiger partial charge in [-0.1, -0.05) is 25.0 Å². The monoisotopic (exact) mass is 349 g/mol. The highest BCUT2D eigenvalue weighted by molar-refractivity contribution is 5.94. The third-order valence-electron chi connectivity index (χ3n) is 5.82. The summed E-state index contributed by atoms with van der Waals surface area (Å²) in [5.41, 5.74) is 4.54. The standard InChI is InChI=1S/C22H27N3O/c26-22(24-16-17-4-3-11-23-15-17)20-8-7-18-9-12-25(13-10-19(18)14-20)21-5-1-2-6-21/h3-4,7-8,11,14-15,21H,1-2,5-6,9-10,12-13,16H2,(H,24,26). The lowest BCUT2D eigenvalue weighted by atomic mass is 10.00. The van der Waals surface area contributed by atoms with Crippen LogP contribution in [0.4, 0.5) is 0 Å². The number of benzene rings is 1. The molecule has 1 aliphatic heterocycles. The zero-order chi connectivity index (χ0) is 17.8. The summed E-state index contributed by atoms with van der Waals surface area (Å²) < 4.78 is 0. The number of hydrogen-bond donors (Lipinski definition) is 1. The van der Waals surface area contributed by atoms with Crippen LogP contribution in [-0.2, 0) is 19.4 Å². The second-order valence-electron chi connectivity index (χ2n) is 7.50. The van der Waals surface area contributed by atoms with Crippen LogP contribution >= 0.6 is 0 Å². The highest BCUT2D eigenvalue weighted by Crippen LogP contribution is 2.26. The highest BCUT2D eigenvalue weighted by atomic mass is 16.1. The summed E-state index contributed by atoms with van der Waals surface area (Å²) >= 11 is 0. The molecule has 1 N–H and O–H groups in total. The van der Waals surface area contributed by atoms with E-state index >= 15 is 0 Å². The summed E-state index contributed by atoms with van der Waals surface area (Å²) in [6, 6.07) is 10.9. The van der Waals surface area contributed by atoms with Crippen LogP contribution < -0.4 is 5.32 Å². The molecule has 0 bridgehead atoms. The van der Waals surface area contributed by atoms with Gasteiger partial charge >= 0.3 is 0 Å². The first-order valence-electron chi connectivity index (χ1n) is 9.82. The molecule has 4 nitrogen and oxygen atoms in total. The molecule has 0 radical (unpaired) electrons. The van der Waals surface area contributed by atoms with Crippen molar-refractivity contribution in [1.82, 2.24) is 15.2 Å². The predicted octanol–water partition coefficient (Wildman–Crippen LogP) is 3.35. The smallest absolute Gasteiger partial charge is 0.251 e. The van der Waals surface area contributed by atoms with E-state index in [1.807, 2.05) is 18.2 Å². The Morgan fingerprint density at radius 1 is 1.12 bits per heavy atom. The van der Waals surface area contributed by atoms with Gasteiger partial charge < -0.3 is 5.32 Å². The Balaban J connectivity index is 1.40. The van der Waals surface area contributed by atoms with Gasteiger partial charge in [-0.15, -0.1) is 0 Å². The normalized spacial score (nSPS) is 18.3. The predicted molar refractivity (Wildman–Crippen MR) is 103 cm³/mol. The van der Waals surface area contributed by atoms with Crippen LogP contribution in [0.5, 0.6) is 0 Å². The van der Waals surface area contributed by atoms with E-state index < -0.39 is 0 Å². The quantitative estimate of drug-likeness (QED) is 0.921. The molecule has 2 aliphatic rings. The van der Waals surface area contributed by atoms with E-state index in [0.29, 0.717) is 6.54 Å². The van der Waals surface area contributed by atoms with Crippen LogP contribution in [0.15, 0.2) is 42.7 Å². The number of rotatable bonds is 4. The Bertz CT molecular complexity index is 753. The van der Waals surface area contributed by atoms with E-state index in [9.17, 15) is 4.79 Å². The molecule has 2 aromatic rings. The zero-order valence-electron chi connectivity index (χ0n) is 15.3. The van der Waals surface area contributed by atoms with Crippen LogP contribution in [0.1, 0.15) is 52.7 Å².